The molecule has 2 saturated heterocycles. The second-order valence-corrected chi connectivity index (χ2v) is 6.06. The molecule has 5 heteroatoms. The molecule has 2 unspecified atom stereocenters. The van der Waals surface area contributed by atoms with Crippen molar-refractivity contribution in [1.29, 1.82) is 0 Å². The fourth-order valence-electron chi connectivity index (χ4n) is 2.90. The molecule has 5 nitrogen and oxygen atoms in total. The topological polar surface area (TPSA) is 69.6 Å². The van der Waals surface area contributed by atoms with Crippen LogP contribution in [-0.4, -0.2) is 47.1 Å². The molecule has 1 amide bonds. The molecule has 2 heterocycles. The second kappa shape index (κ2) is 4.53. The SMILES string of the molecule is CC1(C(=O)O)CCN(C(=O)C2(C)CCCCN2)C1. The van der Waals surface area contributed by atoms with Crippen molar-refractivity contribution in [3.8, 4) is 0 Å². The highest BCUT2D eigenvalue weighted by atomic mass is 16.4. The van der Waals surface area contributed by atoms with Crippen molar-refractivity contribution in [2.75, 3.05) is 19.6 Å². The number of carbonyl (C=O) groups excluding carboxylic acids is 1. The van der Waals surface area contributed by atoms with Gasteiger partial charge in [-0.3, -0.25) is 9.59 Å². The van der Waals surface area contributed by atoms with Crippen LogP contribution in [0.3, 0.4) is 0 Å². The molecular formula is C13H22N2O3. The van der Waals surface area contributed by atoms with Gasteiger partial charge in [-0.2, -0.15) is 0 Å². The zero-order chi connectivity index (χ0) is 13.4. The maximum absolute atomic E-state index is 12.5. The second-order valence-electron chi connectivity index (χ2n) is 6.06. The lowest BCUT2D eigenvalue weighted by Crippen LogP contribution is -2.57. The van der Waals surface area contributed by atoms with Gasteiger partial charge < -0.3 is 15.3 Å². The Labute approximate surface area is 108 Å². The van der Waals surface area contributed by atoms with E-state index in [1.165, 1.54) is 0 Å². The largest absolute Gasteiger partial charge is 0.481 e. The number of rotatable bonds is 2. The van der Waals surface area contributed by atoms with E-state index in [1.807, 2.05) is 6.92 Å². The molecule has 0 bridgehead atoms. The van der Waals surface area contributed by atoms with Crippen LogP contribution in [0.4, 0.5) is 0 Å². The van der Waals surface area contributed by atoms with Crippen LogP contribution >= 0.6 is 0 Å². The highest BCUT2D eigenvalue weighted by Crippen LogP contribution is 2.32. The minimum Gasteiger partial charge on any atom is -0.481 e. The minimum atomic E-state index is -0.806. The fourth-order valence-corrected chi connectivity index (χ4v) is 2.90. The Balaban J connectivity index is 2.05. The number of carbonyl (C=O) groups is 2. The lowest BCUT2D eigenvalue weighted by molar-refractivity contribution is -0.148. The molecule has 0 aromatic rings. The van der Waals surface area contributed by atoms with Crippen LogP contribution in [0.25, 0.3) is 0 Å². The lowest BCUT2D eigenvalue weighted by Gasteiger charge is -2.37. The minimum absolute atomic E-state index is 0.0622. The summed E-state index contributed by atoms with van der Waals surface area (Å²) < 4.78 is 0. The molecule has 2 N–H and O–H groups in total. The van der Waals surface area contributed by atoms with Gasteiger partial charge in [0.25, 0.3) is 0 Å². The third-order valence-corrected chi connectivity index (χ3v) is 4.37. The van der Waals surface area contributed by atoms with Crippen molar-refractivity contribution in [3.05, 3.63) is 0 Å². The first-order valence-corrected chi connectivity index (χ1v) is 6.65. The van der Waals surface area contributed by atoms with Crippen LogP contribution in [0.15, 0.2) is 0 Å². The van der Waals surface area contributed by atoms with Crippen molar-refractivity contribution < 1.29 is 14.7 Å². The summed E-state index contributed by atoms with van der Waals surface area (Å²) in [5.41, 5.74) is -1.28. The number of nitrogens with one attached hydrogen (secondary N) is 1. The number of hydrogen-bond acceptors (Lipinski definition) is 3. The monoisotopic (exact) mass is 254 g/mol. The molecule has 2 aliphatic heterocycles. The van der Waals surface area contributed by atoms with Crippen LogP contribution in [0.1, 0.15) is 39.5 Å². The Kier molecular flexibility index (Phi) is 3.36. The van der Waals surface area contributed by atoms with E-state index in [0.717, 1.165) is 25.8 Å². The predicted octanol–water partition coefficient (Wildman–Crippen LogP) is 0.842. The van der Waals surface area contributed by atoms with Gasteiger partial charge in [-0.1, -0.05) is 0 Å². The Bertz CT molecular complexity index is 363. The number of amides is 1. The van der Waals surface area contributed by atoms with Crippen LogP contribution in [0.5, 0.6) is 0 Å². The highest BCUT2D eigenvalue weighted by Gasteiger charge is 2.46. The molecule has 0 aromatic carbocycles. The molecule has 0 aromatic heterocycles. The summed E-state index contributed by atoms with van der Waals surface area (Å²) >= 11 is 0. The summed E-state index contributed by atoms with van der Waals surface area (Å²) in [6.45, 7) is 5.41. The van der Waals surface area contributed by atoms with E-state index in [0.29, 0.717) is 19.5 Å². The van der Waals surface area contributed by atoms with Crippen LogP contribution < -0.4 is 5.32 Å². The van der Waals surface area contributed by atoms with Crippen molar-refractivity contribution in [1.82, 2.24) is 10.2 Å². The first-order chi connectivity index (χ1) is 8.37. The molecule has 18 heavy (non-hydrogen) atoms. The molecule has 2 fully saturated rings. The van der Waals surface area contributed by atoms with E-state index < -0.39 is 16.9 Å². The summed E-state index contributed by atoms with van der Waals surface area (Å²) in [7, 11) is 0. The zero-order valence-corrected chi connectivity index (χ0v) is 11.2. The Morgan fingerprint density at radius 1 is 1.22 bits per heavy atom. The number of hydrogen-bond donors (Lipinski definition) is 2. The molecule has 0 saturated carbocycles. The lowest BCUT2D eigenvalue weighted by atomic mass is 9.88. The number of carboxylic acid groups (broad SMARTS) is 1. The average molecular weight is 254 g/mol. The quantitative estimate of drug-likeness (QED) is 0.766. The third kappa shape index (κ3) is 2.23. The predicted molar refractivity (Wildman–Crippen MR) is 67.2 cm³/mol. The summed E-state index contributed by atoms with van der Waals surface area (Å²) in [5.74, 6) is -0.744. The van der Waals surface area contributed by atoms with E-state index in [2.05, 4.69) is 5.32 Å². The third-order valence-electron chi connectivity index (χ3n) is 4.37. The van der Waals surface area contributed by atoms with Crippen LogP contribution in [0, 0.1) is 5.41 Å². The first kappa shape index (κ1) is 13.3. The summed E-state index contributed by atoms with van der Waals surface area (Å²) in [6, 6.07) is 0. The fraction of sp³-hybridized carbons (Fsp3) is 0.846. The molecular weight excluding hydrogens is 232 g/mol. The van der Waals surface area contributed by atoms with Gasteiger partial charge in [0.1, 0.15) is 0 Å². The Hall–Kier alpha value is -1.10. The number of aliphatic carboxylic acids is 1. The number of piperidine rings is 1. The van der Waals surface area contributed by atoms with Gasteiger partial charge in [0, 0.05) is 13.1 Å². The molecule has 2 rings (SSSR count). The van der Waals surface area contributed by atoms with Gasteiger partial charge >= 0.3 is 5.97 Å². The van der Waals surface area contributed by atoms with E-state index in [1.54, 1.807) is 11.8 Å². The van der Waals surface area contributed by atoms with Gasteiger partial charge in [0.2, 0.25) is 5.91 Å². The average Bonchev–Trinajstić information content (AvgIpc) is 2.73. The van der Waals surface area contributed by atoms with Gasteiger partial charge in [-0.25, -0.2) is 0 Å². The number of likely N-dealkylation sites (tertiary alicyclic amines) is 1. The molecule has 2 atom stereocenters. The van der Waals surface area contributed by atoms with Crippen molar-refractivity contribution in [2.45, 2.75) is 45.1 Å². The number of carboxylic acids is 1. The van der Waals surface area contributed by atoms with Gasteiger partial charge in [0.15, 0.2) is 0 Å². The zero-order valence-electron chi connectivity index (χ0n) is 11.2. The van der Waals surface area contributed by atoms with Gasteiger partial charge in [0.05, 0.1) is 11.0 Å². The van der Waals surface area contributed by atoms with E-state index in [4.69, 9.17) is 0 Å². The molecule has 0 spiro atoms. The van der Waals surface area contributed by atoms with Crippen molar-refractivity contribution >= 4 is 11.9 Å². The first-order valence-electron chi connectivity index (χ1n) is 6.65. The Morgan fingerprint density at radius 2 is 1.94 bits per heavy atom. The maximum Gasteiger partial charge on any atom is 0.311 e. The summed E-state index contributed by atoms with van der Waals surface area (Å²) in [4.78, 5) is 25.4. The molecule has 102 valence electrons. The summed E-state index contributed by atoms with van der Waals surface area (Å²) in [5, 5.41) is 12.5. The van der Waals surface area contributed by atoms with Crippen molar-refractivity contribution in [3.63, 3.8) is 0 Å². The standard InChI is InChI=1S/C13H22N2O3/c1-12(11(17)18)6-8-15(9-12)10(16)13(2)5-3-4-7-14-13/h14H,3-9H2,1-2H3,(H,17,18). The summed E-state index contributed by atoms with van der Waals surface area (Å²) in [6.07, 6.45) is 3.55. The van der Waals surface area contributed by atoms with Crippen LogP contribution in [0.2, 0.25) is 0 Å². The van der Waals surface area contributed by atoms with Crippen molar-refractivity contribution in [2.24, 2.45) is 5.41 Å². The smallest absolute Gasteiger partial charge is 0.311 e. The number of nitrogens with zero attached hydrogens (tertiary/aromatic N) is 1. The normalized spacial score (nSPS) is 36.7. The molecule has 2 aliphatic rings. The van der Waals surface area contributed by atoms with Crippen LogP contribution in [-0.2, 0) is 9.59 Å². The van der Waals surface area contributed by atoms with E-state index >= 15 is 0 Å². The molecule has 0 aliphatic carbocycles. The highest BCUT2D eigenvalue weighted by molar-refractivity contribution is 5.87. The molecule has 0 radical (unpaired) electrons. The van der Waals surface area contributed by atoms with Gasteiger partial charge in [-0.15, -0.1) is 0 Å². The van der Waals surface area contributed by atoms with E-state index in [-0.39, 0.29) is 5.91 Å². The maximum atomic E-state index is 12.5. The van der Waals surface area contributed by atoms with E-state index in [9.17, 15) is 14.7 Å². The van der Waals surface area contributed by atoms with Gasteiger partial charge in [-0.05, 0) is 46.1 Å². The Morgan fingerprint density at radius 3 is 2.44 bits per heavy atom.